The molecule has 0 atom stereocenters. The van der Waals surface area contributed by atoms with E-state index in [0.29, 0.717) is 5.02 Å². The smallest absolute Gasteiger partial charge is 0.339 e. The van der Waals surface area contributed by atoms with Gasteiger partial charge in [-0.05, 0) is 30.3 Å². The number of rotatable bonds is 3. The Morgan fingerprint density at radius 1 is 1.35 bits per heavy atom. The Morgan fingerprint density at radius 3 is 2.75 bits per heavy atom. The van der Waals surface area contributed by atoms with E-state index in [1.165, 1.54) is 13.2 Å². The molecule has 0 saturated carbocycles. The maximum Gasteiger partial charge on any atom is 0.339 e. The molecule has 20 heavy (non-hydrogen) atoms. The van der Waals surface area contributed by atoms with Crippen LogP contribution in [0.25, 0.3) is 0 Å². The van der Waals surface area contributed by atoms with Gasteiger partial charge < -0.3 is 10.5 Å². The SMILES string of the molecule is COC(=O)c1cc(Sc2cccc(Cl)c2)c(F)cc1N. The molecule has 0 aliphatic heterocycles. The number of benzene rings is 2. The van der Waals surface area contributed by atoms with E-state index in [-0.39, 0.29) is 16.1 Å². The highest BCUT2D eigenvalue weighted by Gasteiger charge is 2.15. The molecule has 0 aliphatic carbocycles. The fraction of sp³-hybridized carbons (Fsp3) is 0.0714. The van der Waals surface area contributed by atoms with Gasteiger partial charge in [-0.1, -0.05) is 29.4 Å². The normalized spacial score (nSPS) is 10.3. The summed E-state index contributed by atoms with van der Waals surface area (Å²) in [5.41, 5.74) is 5.80. The average Bonchev–Trinajstić information content (AvgIpc) is 2.41. The molecule has 2 N–H and O–H groups in total. The van der Waals surface area contributed by atoms with Gasteiger partial charge in [-0.15, -0.1) is 0 Å². The van der Waals surface area contributed by atoms with Gasteiger partial charge in [-0.25, -0.2) is 9.18 Å². The molecule has 2 aromatic rings. The third kappa shape index (κ3) is 3.23. The molecule has 0 amide bonds. The number of carbonyl (C=O) groups is 1. The fourth-order valence-corrected chi connectivity index (χ4v) is 2.77. The van der Waals surface area contributed by atoms with Crippen molar-refractivity contribution in [2.45, 2.75) is 9.79 Å². The first kappa shape index (κ1) is 14.7. The van der Waals surface area contributed by atoms with Crippen LogP contribution in [0.1, 0.15) is 10.4 Å². The number of carbonyl (C=O) groups excluding carboxylic acids is 1. The van der Waals surface area contributed by atoms with Gasteiger partial charge in [-0.3, -0.25) is 0 Å². The minimum atomic E-state index is -0.601. The highest BCUT2D eigenvalue weighted by Crippen LogP contribution is 2.33. The molecule has 104 valence electrons. The van der Waals surface area contributed by atoms with Gasteiger partial charge in [0.15, 0.2) is 0 Å². The highest BCUT2D eigenvalue weighted by atomic mass is 35.5. The summed E-state index contributed by atoms with van der Waals surface area (Å²) in [6, 6.07) is 9.48. The maximum atomic E-state index is 13.9. The van der Waals surface area contributed by atoms with Crippen LogP contribution in [0.15, 0.2) is 46.2 Å². The zero-order chi connectivity index (χ0) is 14.7. The summed E-state index contributed by atoms with van der Waals surface area (Å²) in [7, 11) is 1.24. The molecule has 0 bridgehead atoms. The Kier molecular flexibility index (Phi) is 4.52. The van der Waals surface area contributed by atoms with Crippen molar-refractivity contribution in [1.29, 1.82) is 0 Å². The minimum absolute atomic E-state index is 0.0461. The maximum absolute atomic E-state index is 13.9. The predicted molar refractivity (Wildman–Crippen MR) is 77.7 cm³/mol. The molecule has 2 aromatic carbocycles. The van der Waals surface area contributed by atoms with Crippen molar-refractivity contribution < 1.29 is 13.9 Å². The number of ether oxygens (including phenoxy) is 1. The Morgan fingerprint density at radius 2 is 2.10 bits per heavy atom. The van der Waals surface area contributed by atoms with Gasteiger partial charge in [0, 0.05) is 20.5 Å². The second-order valence-electron chi connectivity index (χ2n) is 3.92. The van der Waals surface area contributed by atoms with E-state index in [1.54, 1.807) is 24.3 Å². The molecule has 0 heterocycles. The first-order valence-corrected chi connectivity index (χ1v) is 6.81. The van der Waals surface area contributed by atoms with Crippen molar-refractivity contribution in [2.24, 2.45) is 0 Å². The molecule has 0 saturated heterocycles. The zero-order valence-electron chi connectivity index (χ0n) is 10.5. The molecule has 3 nitrogen and oxygen atoms in total. The minimum Gasteiger partial charge on any atom is -0.465 e. The monoisotopic (exact) mass is 311 g/mol. The lowest BCUT2D eigenvalue weighted by Crippen LogP contribution is -2.06. The van der Waals surface area contributed by atoms with Crippen molar-refractivity contribution in [3.63, 3.8) is 0 Å². The summed E-state index contributed by atoms with van der Waals surface area (Å²) in [5, 5.41) is 0.555. The Hall–Kier alpha value is -1.72. The molecular weight excluding hydrogens is 301 g/mol. The molecule has 0 unspecified atom stereocenters. The number of nitrogens with two attached hydrogens (primary N) is 1. The summed E-state index contributed by atoms with van der Waals surface area (Å²) >= 11 is 7.04. The number of hydrogen-bond acceptors (Lipinski definition) is 4. The zero-order valence-corrected chi connectivity index (χ0v) is 12.1. The van der Waals surface area contributed by atoms with E-state index in [0.717, 1.165) is 22.7 Å². The molecule has 6 heteroatoms. The van der Waals surface area contributed by atoms with E-state index < -0.39 is 11.8 Å². The van der Waals surface area contributed by atoms with Crippen molar-refractivity contribution in [1.82, 2.24) is 0 Å². The van der Waals surface area contributed by atoms with Crippen LogP contribution in [-0.2, 0) is 4.74 Å². The molecule has 0 spiro atoms. The summed E-state index contributed by atoms with van der Waals surface area (Å²) in [6.45, 7) is 0. The van der Waals surface area contributed by atoms with Crippen LogP contribution in [-0.4, -0.2) is 13.1 Å². The topological polar surface area (TPSA) is 52.3 Å². The molecule has 0 aromatic heterocycles. The average molecular weight is 312 g/mol. The number of halogens is 2. The Labute approximate surface area is 124 Å². The van der Waals surface area contributed by atoms with Crippen LogP contribution in [0.4, 0.5) is 10.1 Å². The third-order valence-electron chi connectivity index (χ3n) is 2.53. The fourth-order valence-electron chi connectivity index (χ4n) is 1.59. The lowest BCUT2D eigenvalue weighted by atomic mass is 10.2. The second-order valence-corrected chi connectivity index (χ2v) is 5.47. The standard InChI is InChI=1S/C14H11ClFNO2S/c1-19-14(18)10-6-13(11(16)7-12(10)17)20-9-4-2-3-8(15)5-9/h2-7H,17H2,1H3. The van der Waals surface area contributed by atoms with Crippen LogP contribution in [0, 0.1) is 5.82 Å². The van der Waals surface area contributed by atoms with Crippen LogP contribution in [0.2, 0.25) is 5.02 Å². The number of hydrogen-bond donors (Lipinski definition) is 1. The van der Waals surface area contributed by atoms with Crippen LogP contribution in [0.5, 0.6) is 0 Å². The molecule has 0 fully saturated rings. The van der Waals surface area contributed by atoms with Gasteiger partial charge in [0.25, 0.3) is 0 Å². The number of anilines is 1. The molecule has 0 aliphatic rings. The predicted octanol–water partition coefficient (Wildman–Crippen LogP) is 4.00. The van der Waals surface area contributed by atoms with Crippen molar-refractivity contribution in [3.8, 4) is 0 Å². The molecule has 0 radical (unpaired) electrons. The van der Waals surface area contributed by atoms with E-state index >= 15 is 0 Å². The van der Waals surface area contributed by atoms with E-state index in [1.807, 2.05) is 0 Å². The van der Waals surface area contributed by atoms with Gasteiger partial charge in [0.05, 0.1) is 12.7 Å². The Balaban J connectivity index is 2.39. The van der Waals surface area contributed by atoms with E-state index in [4.69, 9.17) is 17.3 Å². The number of methoxy groups -OCH3 is 1. The van der Waals surface area contributed by atoms with Crippen LogP contribution < -0.4 is 5.73 Å². The summed E-state index contributed by atoms with van der Waals surface area (Å²) < 4.78 is 18.5. The van der Waals surface area contributed by atoms with Gasteiger partial charge in [0.2, 0.25) is 0 Å². The quantitative estimate of drug-likeness (QED) is 0.687. The first-order valence-electron chi connectivity index (χ1n) is 5.62. The van der Waals surface area contributed by atoms with E-state index in [9.17, 15) is 9.18 Å². The van der Waals surface area contributed by atoms with Gasteiger partial charge >= 0.3 is 5.97 Å². The third-order valence-corrected chi connectivity index (χ3v) is 3.79. The lowest BCUT2D eigenvalue weighted by molar-refractivity contribution is 0.0601. The molecule has 2 rings (SSSR count). The van der Waals surface area contributed by atoms with Crippen molar-refractivity contribution in [2.75, 3.05) is 12.8 Å². The van der Waals surface area contributed by atoms with Gasteiger partial charge in [-0.2, -0.15) is 0 Å². The summed E-state index contributed by atoms with van der Waals surface area (Å²) in [4.78, 5) is 12.6. The Bertz CT molecular complexity index is 664. The second kappa shape index (κ2) is 6.15. The van der Waals surface area contributed by atoms with Crippen molar-refractivity contribution >= 4 is 35.0 Å². The lowest BCUT2D eigenvalue weighted by Gasteiger charge is -2.08. The summed E-state index contributed by atoms with van der Waals surface area (Å²) in [6.07, 6.45) is 0. The number of esters is 1. The van der Waals surface area contributed by atoms with Crippen molar-refractivity contribution in [3.05, 3.63) is 52.8 Å². The van der Waals surface area contributed by atoms with Crippen LogP contribution >= 0.6 is 23.4 Å². The first-order chi connectivity index (χ1) is 9.51. The molecular formula is C14H11ClFNO2S. The number of nitrogen functional groups attached to an aromatic ring is 1. The summed E-state index contributed by atoms with van der Waals surface area (Å²) in [5.74, 6) is -1.10. The van der Waals surface area contributed by atoms with E-state index in [2.05, 4.69) is 4.74 Å². The van der Waals surface area contributed by atoms with Crippen LogP contribution in [0.3, 0.4) is 0 Å². The largest absolute Gasteiger partial charge is 0.465 e. The highest BCUT2D eigenvalue weighted by molar-refractivity contribution is 7.99. The van der Waals surface area contributed by atoms with Gasteiger partial charge in [0.1, 0.15) is 5.82 Å².